The van der Waals surface area contributed by atoms with Crippen LogP contribution in [0.5, 0.6) is 5.75 Å². The second-order valence-corrected chi connectivity index (χ2v) is 10.1. The Morgan fingerprint density at radius 3 is 2.62 bits per heavy atom. The second kappa shape index (κ2) is 6.95. The topological polar surface area (TPSA) is 105 Å². The summed E-state index contributed by atoms with van der Waals surface area (Å²) in [5.74, 6) is -0.261. The molecule has 4 aliphatic rings. The molecule has 1 N–H and O–H groups in total. The van der Waals surface area contributed by atoms with Gasteiger partial charge in [-0.05, 0) is 51.7 Å². The number of fused-ring (bicyclic) bond motifs is 3. The van der Waals surface area contributed by atoms with Gasteiger partial charge in [0.2, 0.25) is 11.8 Å². The Bertz CT molecular complexity index is 1040. The average molecular weight is 441 g/mol. The molecule has 4 aliphatic heterocycles. The highest BCUT2D eigenvalue weighted by atomic mass is 16.6. The molecule has 1 aromatic rings. The van der Waals surface area contributed by atoms with Crippen LogP contribution in [-0.4, -0.2) is 63.9 Å². The zero-order valence-electron chi connectivity index (χ0n) is 18.5. The summed E-state index contributed by atoms with van der Waals surface area (Å²) in [6, 6.07) is 3.06. The fourth-order valence-corrected chi connectivity index (χ4v) is 4.94. The molecule has 1 atom stereocenters. The van der Waals surface area contributed by atoms with E-state index in [1.54, 1.807) is 11.0 Å². The van der Waals surface area contributed by atoms with Crippen molar-refractivity contribution < 1.29 is 28.7 Å². The van der Waals surface area contributed by atoms with Gasteiger partial charge in [-0.3, -0.25) is 19.7 Å². The van der Waals surface area contributed by atoms with E-state index in [1.165, 1.54) is 4.90 Å². The first-order valence-corrected chi connectivity index (χ1v) is 11.0. The van der Waals surface area contributed by atoms with Gasteiger partial charge in [-0.1, -0.05) is 6.07 Å². The fourth-order valence-electron chi connectivity index (χ4n) is 4.94. The quantitative estimate of drug-likeness (QED) is 0.666. The minimum atomic E-state index is -0.660. The van der Waals surface area contributed by atoms with Crippen molar-refractivity contribution in [3.05, 3.63) is 28.8 Å². The van der Waals surface area contributed by atoms with E-state index in [-0.39, 0.29) is 30.9 Å². The number of benzene rings is 1. The summed E-state index contributed by atoms with van der Waals surface area (Å²) < 4.78 is 11.9. The van der Waals surface area contributed by atoms with Crippen molar-refractivity contribution in [1.29, 1.82) is 0 Å². The number of amides is 4. The minimum absolute atomic E-state index is 0.217. The molecule has 0 aromatic heterocycles. The zero-order valence-corrected chi connectivity index (χ0v) is 18.5. The summed E-state index contributed by atoms with van der Waals surface area (Å²) in [5, 5.41) is 2.33. The molecule has 9 heteroatoms. The number of ether oxygens (including phenoxy) is 2. The first-order chi connectivity index (χ1) is 15.1. The number of carbonyl (C=O) groups excluding carboxylic acids is 4. The molecule has 0 aliphatic carbocycles. The van der Waals surface area contributed by atoms with Crippen LogP contribution in [0, 0.1) is 0 Å². The molecule has 32 heavy (non-hydrogen) atoms. The van der Waals surface area contributed by atoms with Crippen LogP contribution in [-0.2, 0) is 27.3 Å². The van der Waals surface area contributed by atoms with Gasteiger partial charge in [0.15, 0.2) is 0 Å². The average Bonchev–Trinajstić information content (AvgIpc) is 3.01. The van der Waals surface area contributed by atoms with Crippen LogP contribution in [0.25, 0.3) is 0 Å². The second-order valence-electron chi connectivity index (χ2n) is 10.1. The van der Waals surface area contributed by atoms with E-state index in [1.807, 2.05) is 26.8 Å². The maximum Gasteiger partial charge on any atom is 0.410 e. The number of carbonyl (C=O) groups is 4. The third-order valence-electron chi connectivity index (χ3n) is 6.53. The van der Waals surface area contributed by atoms with Crippen molar-refractivity contribution in [2.75, 3.05) is 13.1 Å². The van der Waals surface area contributed by atoms with Gasteiger partial charge in [0.05, 0.1) is 19.6 Å². The summed E-state index contributed by atoms with van der Waals surface area (Å²) in [7, 11) is 0. The molecule has 1 spiro atoms. The van der Waals surface area contributed by atoms with Crippen LogP contribution in [0.4, 0.5) is 4.79 Å². The maximum absolute atomic E-state index is 13.1. The summed E-state index contributed by atoms with van der Waals surface area (Å²) in [6.07, 6.45) is 1.76. The number of imide groups is 1. The number of likely N-dealkylation sites (tertiary alicyclic amines) is 1. The molecule has 5 rings (SSSR count). The molecule has 0 bridgehead atoms. The number of hydrogen-bond acceptors (Lipinski definition) is 6. The molecule has 2 saturated heterocycles. The lowest BCUT2D eigenvalue weighted by Crippen LogP contribution is -2.67. The molecule has 0 saturated carbocycles. The third-order valence-corrected chi connectivity index (χ3v) is 6.53. The highest BCUT2D eigenvalue weighted by Crippen LogP contribution is 2.44. The van der Waals surface area contributed by atoms with Crippen LogP contribution >= 0.6 is 0 Å². The molecule has 170 valence electrons. The Hall–Kier alpha value is -3.10. The lowest BCUT2D eigenvalue weighted by Gasteiger charge is -2.51. The zero-order chi connectivity index (χ0) is 22.8. The van der Waals surface area contributed by atoms with Crippen molar-refractivity contribution in [1.82, 2.24) is 15.1 Å². The van der Waals surface area contributed by atoms with E-state index < -0.39 is 23.2 Å². The minimum Gasteiger partial charge on any atom is -0.483 e. The molecule has 9 nitrogen and oxygen atoms in total. The molecule has 4 heterocycles. The predicted molar refractivity (Wildman–Crippen MR) is 112 cm³/mol. The van der Waals surface area contributed by atoms with Gasteiger partial charge in [-0.2, -0.15) is 0 Å². The number of rotatable bonds is 1. The van der Waals surface area contributed by atoms with Gasteiger partial charge in [0.25, 0.3) is 5.91 Å². The van der Waals surface area contributed by atoms with Gasteiger partial charge in [0, 0.05) is 17.5 Å². The molecule has 4 amide bonds. The molecule has 0 radical (unpaired) electrons. The van der Waals surface area contributed by atoms with Crippen molar-refractivity contribution in [2.45, 2.75) is 70.2 Å². The van der Waals surface area contributed by atoms with Gasteiger partial charge >= 0.3 is 6.09 Å². The van der Waals surface area contributed by atoms with E-state index >= 15 is 0 Å². The Balaban J connectivity index is 1.34. The standard InChI is InChI=1S/C23H27N3O6/c1-22(2,3)32-21(30)25-11-23(12-25)9-8-13-4-5-14-15(18(13)31-23)10-26(20(14)29)16-6-7-17(27)24-19(16)28/h4-5,16H,6-12H2,1-3H3,(H,24,27,28). The lowest BCUT2D eigenvalue weighted by molar-refractivity contribution is -0.136. The summed E-state index contributed by atoms with van der Waals surface area (Å²) in [5.41, 5.74) is 1.31. The van der Waals surface area contributed by atoms with Crippen molar-refractivity contribution in [2.24, 2.45) is 0 Å². The lowest BCUT2D eigenvalue weighted by atomic mass is 9.83. The smallest absolute Gasteiger partial charge is 0.410 e. The molecular formula is C23H27N3O6. The first-order valence-electron chi connectivity index (χ1n) is 11.0. The van der Waals surface area contributed by atoms with Crippen LogP contribution in [0.15, 0.2) is 12.1 Å². The Morgan fingerprint density at radius 1 is 1.19 bits per heavy atom. The van der Waals surface area contributed by atoms with Gasteiger partial charge in [-0.25, -0.2) is 4.79 Å². The SMILES string of the molecule is CC(C)(C)OC(=O)N1CC2(CCc3ccc4c(c3O2)CN(C2CCC(=O)NC2=O)C4=O)C1. The molecule has 2 fully saturated rings. The number of nitrogens with zero attached hydrogens (tertiary/aromatic N) is 2. The monoisotopic (exact) mass is 441 g/mol. The summed E-state index contributed by atoms with van der Waals surface area (Å²) >= 11 is 0. The Kier molecular flexibility index (Phi) is 4.51. The van der Waals surface area contributed by atoms with Crippen molar-refractivity contribution in [3.8, 4) is 5.75 Å². The van der Waals surface area contributed by atoms with E-state index in [0.717, 1.165) is 24.0 Å². The third kappa shape index (κ3) is 3.40. The van der Waals surface area contributed by atoms with Gasteiger partial charge in [-0.15, -0.1) is 0 Å². The van der Waals surface area contributed by atoms with Crippen LogP contribution < -0.4 is 10.1 Å². The van der Waals surface area contributed by atoms with Crippen LogP contribution in [0.3, 0.4) is 0 Å². The normalized spacial score (nSPS) is 23.8. The van der Waals surface area contributed by atoms with E-state index in [0.29, 0.717) is 30.8 Å². The molecule has 1 unspecified atom stereocenters. The van der Waals surface area contributed by atoms with Crippen molar-refractivity contribution >= 4 is 23.8 Å². The summed E-state index contributed by atoms with van der Waals surface area (Å²) in [4.78, 5) is 52.4. The van der Waals surface area contributed by atoms with E-state index in [4.69, 9.17) is 9.47 Å². The Labute approximate surface area is 186 Å². The predicted octanol–water partition coefficient (Wildman–Crippen LogP) is 1.76. The highest BCUT2D eigenvalue weighted by molar-refractivity contribution is 6.05. The van der Waals surface area contributed by atoms with Crippen LogP contribution in [0.1, 0.15) is 61.5 Å². The first kappa shape index (κ1) is 20.8. The number of nitrogens with one attached hydrogen (secondary N) is 1. The van der Waals surface area contributed by atoms with Gasteiger partial charge < -0.3 is 19.3 Å². The maximum atomic E-state index is 13.1. The van der Waals surface area contributed by atoms with Crippen LogP contribution in [0.2, 0.25) is 0 Å². The fraction of sp³-hybridized carbons (Fsp3) is 0.565. The number of piperidine rings is 1. The van der Waals surface area contributed by atoms with E-state index in [2.05, 4.69) is 5.32 Å². The van der Waals surface area contributed by atoms with Crippen molar-refractivity contribution in [3.63, 3.8) is 0 Å². The summed E-state index contributed by atoms with van der Waals surface area (Å²) in [6.45, 7) is 6.66. The highest BCUT2D eigenvalue weighted by Gasteiger charge is 2.51. The molecule has 1 aromatic carbocycles. The number of hydrogen-bond donors (Lipinski definition) is 1. The van der Waals surface area contributed by atoms with E-state index in [9.17, 15) is 19.2 Å². The molecular weight excluding hydrogens is 414 g/mol. The Morgan fingerprint density at radius 2 is 1.94 bits per heavy atom. The van der Waals surface area contributed by atoms with Gasteiger partial charge in [0.1, 0.15) is 23.0 Å². The number of aryl methyl sites for hydroxylation is 1. The largest absolute Gasteiger partial charge is 0.483 e.